The molecule has 1 fully saturated rings. The van der Waals surface area contributed by atoms with E-state index in [1.54, 1.807) is 17.3 Å². The van der Waals surface area contributed by atoms with Crippen molar-refractivity contribution < 1.29 is 8.78 Å². The van der Waals surface area contributed by atoms with Gasteiger partial charge in [-0.2, -0.15) is 5.10 Å². The van der Waals surface area contributed by atoms with Crippen LogP contribution in [0, 0.1) is 0 Å². The molecular weight excluding hydrogens is 412 g/mol. The van der Waals surface area contributed by atoms with Crippen molar-refractivity contribution in [2.24, 2.45) is 0 Å². The molecule has 0 spiro atoms. The Bertz CT molecular complexity index is 1410. The predicted octanol–water partition coefficient (Wildman–Crippen LogP) is 4.40. The van der Waals surface area contributed by atoms with Gasteiger partial charge in [0.1, 0.15) is 5.52 Å². The van der Waals surface area contributed by atoms with Crippen molar-refractivity contribution >= 4 is 22.1 Å². The summed E-state index contributed by atoms with van der Waals surface area (Å²) in [6, 6.07) is 13.6. The summed E-state index contributed by atoms with van der Waals surface area (Å²) in [4.78, 5) is 18.8. The molecular formula is C23H19F2N7. The fraction of sp³-hybridized carbons (Fsp3) is 0.217. The van der Waals surface area contributed by atoms with Gasteiger partial charge in [-0.3, -0.25) is 15.0 Å². The molecule has 0 amide bonds. The summed E-state index contributed by atoms with van der Waals surface area (Å²) in [7, 11) is 0. The maximum atomic E-state index is 13.5. The molecule has 9 heteroatoms. The van der Waals surface area contributed by atoms with Gasteiger partial charge in [-0.25, -0.2) is 18.7 Å². The van der Waals surface area contributed by atoms with Gasteiger partial charge >= 0.3 is 0 Å². The molecule has 1 aliphatic rings. The number of hydrogen-bond acceptors (Lipinski definition) is 5. The Morgan fingerprint density at radius 2 is 1.94 bits per heavy atom. The molecule has 5 aromatic rings. The number of benzene rings is 1. The standard InChI is InChI=1S/C23H19F2N7/c24-23(25)7-8-32(13-23)12-14-9-15(11-26-10-14)16-5-6-19-20(27-16)21(31-30-19)22-28-17-3-1-2-4-18(17)29-22/h1-6,9-11H,7-8,12-13H2,(H,28,29)(H,30,31). The van der Waals surface area contributed by atoms with Crippen LogP contribution in [0.2, 0.25) is 0 Å². The van der Waals surface area contributed by atoms with Crippen LogP contribution >= 0.6 is 0 Å². The third kappa shape index (κ3) is 3.40. The fourth-order valence-electron chi connectivity index (χ4n) is 4.20. The lowest BCUT2D eigenvalue weighted by Crippen LogP contribution is -2.24. The van der Waals surface area contributed by atoms with E-state index in [1.165, 1.54) is 0 Å². The van der Waals surface area contributed by atoms with Gasteiger partial charge in [0.05, 0.1) is 28.8 Å². The number of nitrogens with zero attached hydrogens (tertiary/aromatic N) is 5. The van der Waals surface area contributed by atoms with E-state index in [4.69, 9.17) is 4.98 Å². The number of alkyl halides is 2. The summed E-state index contributed by atoms with van der Waals surface area (Å²) in [5.41, 5.74) is 6.37. The molecule has 6 rings (SSSR count). The second-order valence-electron chi connectivity index (χ2n) is 8.17. The van der Waals surface area contributed by atoms with Crippen molar-refractivity contribution in [3.05, 3.63) is 60.4 Å². The molecule has 2 N–H and O–H groups in total. The number of aromatic amines is 2. The summed E-state index contributed by atoms with van der Waals surface area (Å²) in [6.07, 6.45) is 3.36. The molecule has 0 aliphatic carbocycles. The van der Waals surface area contributed by atoms with E-state index in [0.717, 1.165) is 33.4 Å². The number of aromatic nitrogens is 6. The highest BCUT2D eigenvalue weighted by Crippen LogP contribution is 2.30. The first-order valence-electron chi connectivity index (χ1n) is 10.4. The van der Waals surface area contributed by atoms with E-state index < -0.39 is 5.92 Å². The van der Waals surface area contributed by atoms with Gasteiger partial charge in [-0.1, -0.05) is 12.1 Å². The van der Waals surface area contributed by atoms with Gasteiger partial charge in [-0.05, 0) is 35.9 Å². The summed E-state index contributed by atoms with van der Waals surface area (Å²) in [6.45, 7) is 0.614. The van der Waals surface area contributed by atoms with Crippen LogP contribution in [-0.2, 0) is 6.54 Å². The largest absolute Gasteiger partial charge is 0.337 e. The zero-order valence-corrected chi connectivity index (χ0v) is 17.0. The predicted molar refractivity (Wildman–Crippen MR) is 117 cm³/mol. The van der Waals surface area contributed by atoms with Crippen molar-refractivity contribution in [3.8, 4) is 22.8 Å². The highest BCUT2D eigenvalue weighted by molar-refractivity contribution is 5.91. The maximum Gasteiger partial charge on any atom is 0.261 e. The zero-order valence-electron chi connectivity index (χ0n) is 17.0. The summed E-state index contributed by atoms with van der Waals surface area (Å²) in [5, 5.41) is 7.43. The second kappa shape index (κ2) is 7.16. The minimum Gasteiger partial charge on any atom is -0.337 e. The first kappa shape index (κ1) is 19.0. The zero-order chi connectivity index (χ0) is 21.7. The van der Waals surface area contributed by atoms with Crippen LogP contribution in [0.15, 0.2) is 54.9 Å². The van der Waals surface area contributed by atoms with Crippen molar-refractivity contribution in [1.82, 2.24) is 35.0 Å². The van der Waals surface area contributed by atoms with Gasteiger partial charge in [-0.15, -0.1) is 0 Å². The monoisotopic (exact) mass is 431 g/mol. The fourth-order valence-corrected chi connectivity index (χ4v) is 4.20. The van der Waals surface area contributed by atoms with E-state index in [0.29, 0.717) is 30.1 Å². The Morgan fingerprint density at radius 1 is 1.03 bits per heavy atom. The van der Waals surface area contributed by atoms with Crippen LogP contribution in [-0.4, -0.2) is 54.0 Å². The first-order chi connectivity index (χ1) is 15.5. The average molecular weight is 431 g/mol. The number of H-pyrrole nitrogens is 2. The molecule has 7 nitrogen and oxygen atoms in total. The van der Waals surface area contributed by atoms with Crippen molar-refractivity contribution in [3.63, 3.8) is 0 Å². The molecule has 0 unspecified atom stereocenters. The lowest BCUT2D eigenvalue weighted by molar-refractivity contribution is 0.0115. The number of halogens is 2. The second-order valence-corrected chi connectivity index (χ2v) is 8.17. The first-order valence-corrected chi connectivity index (χ1v) is 10.4. The van der Waals surface area contributed by atoms with Crippen LogP contribution in [0.25, 0.3) is 44.8 Å². The number of pyridine rings is 2. The number of para-hydroxylation sites is 2. The van der Waals surface area contributed by atoms with Gasteiger partial charge in [0, 0.05) is 37.5 Å². The Balaban J connectivity index is 1.34. The molecule has 0 radical (unpaired) electrons. The van der Waals surface area contributed by atoms with Crippen LogP contribution in [0.4, 0.5) is 8.78 Å². The minimum absolute atomic E-state index is 0.0939. The third-order valence-electron chi connectivity index (χ3n) is 5.77. The molecule has 0 saturated carbocycles. The molecule has 1 aliphatic heterocycles. The number of hydrogen-bond donors (Lipinski definition) is 2. The number of rotatable bonds is 4. The minimum atomic E-state index is -2.61. The number of likely N-dealkylation sites (tertiary alicyclic amines) is 1. The highest BCUT2D eigenvalue weighted by Gasteiger charge is 2.37. The summed E-state index contributed by atoms with van der Waals surface area (Å²) >= 11 is 0. The van der Waals surface area contributed by atoms with E-state index in [-0.39, 0.29) is 13.0 Å². The molecule has 1 saturated heterocycles. The smallest absolute Gasteiger partial charge is 0.261 e. The van der Waals surface area contributed by atoms with Crippen LogP contribution in [0.3, 0.4) is 0 Å². The topological polar surface area (TPSA) is 86.4 Å². The van der Waals surface area contributed by atoms with Crippen molar-refractivity contribution in [2.45, 2.75) is 18.9 Å². The maximum absolute atomic E-state index is 13.5. The Morgan fingerprint density at radius 3 is 2.78 bits per heavy atom. The summed E-state index contributed by atoms with van der Waals surface area (Å²) in [5.74, 6) is -1.96. The van der Waals surface area contributed by atoms with Crippen LogP contribution < -0.4 is 0 Å². The third-order valence-corrected chi connectivity index (χ3v) is 5.77. The van der Waals surface area contributed by atoms with Crippen molar-refractivity contribution in [1.29, 1.82) is 0 Å². The molecule has 0 bridgehead atoms. The summed E-state index contributed by atoms with van der Waals surface area (Å²) < 4.78 is 27.0. The van der Waals surface area contributed by atoms with E-state index in [2.05, 4.69) is 25.1 Å². The van der Waals surface area contributed by atoms with E-state index in [9.17, 15) is 8.78 Å². The van der Waals surface area contributed by atoms with Crippen LogP contribution in [0.1, 0.15) is 12.0 Å². The van der Waals surface area contributed by atoms with Gasteiger partial charge < -0.3 is 4.98 Å². The van der Waals surface area contributed by atoms with E-state index in [1.807, 2.05) is 42.5 Å². The molecule has 1 aromatic carbocycles. The Hall–Kier alpha value is -3.72. The normalized spacial score (nSPS) is 16.3. The van der Waals surface area contributed by atoms with E-state index >= 15 is 0 Å². The van der Waals surface area contributed by atoms with Crippen LogP contribution in [0.5, 0.6) is 0 Å². The number of fused-ring (bicyclic) bond motifs is 2. The molecule has 4 aromatic heterocycles. The lowest BCUT2D eigenvalue weighted by atomic mass is 10.1. The molecule has 32 heavy (non-hydrogen) atoms. The molecule has 160 valence electrons. The average Bonchev–Trinajstić information content (AvgIpc) is 3.49. The van der Waals surface area contributed by atoms with Gasteiger partial charge in [0.2, 0.25) is 0 Å². The van der Waals surface area contributed by atoms with Gasteiger partial charge in [0.15, 0.2) is 11.5 Å². The van der Waals surface area contributed by atoms with Gasteiger partial charge in [0.25, 0.3) is 5.92 Å². The lowest BCUT2D eigenvalue weighted by Gasteiger charge is -2.15. The molecule has 0 atom stereocenters. The Kier molecular flexibility index (Phi) is 4.25. The highest BCUT2D eigenvalue weighted by atomic mass is 19.3. The molecule has 5 heterocycles. The Labute approximate surface area is 181 Å². The SMILES string of the molecule is FC1(F)CCN(Cc2cncc(-c3ccc4[nH]nc(-c5nc6ccccc6[nH]5)c4n3)c2)C1. The number of imidazole rings is 1. The quantitative estimate of drug-likeness (QED) is 0.440. The van der Waals surface area contributed by atoms with Crippen molar-refractivity contribution in [2.75, 3.05) is 13.1 Å². The number of nitrogens with one attached hydrogen (secondary N) is 2.